The number of aromatic nitrogens is 4. The van der Waals surface area contributed by atoms with Crippen molar-refractivity contribution in [3.63, 3.8) is 0 Å². The zero-order valence-corrected chi connectivity index (χ0v) is 26.0. The predicted molar refractivity (Wildman–Crippen MR) is 158 cm³/mol. The molecule has 0 radical (unpaired) electrons. The molecule has 3 aromatic rings. The van der Waals surface area contributed by atoms with Crippen LogP contribution in [-0.2, 0) is 19.7 Å². The van der Waals surface area contributed by atoms with Crippen molar-refractivity contribution in [2.24, 2.45) is 11.8 Å². The van der Waals surface area contributed by atoms with E-state index in [-0.39, 0.29) is 18.4 Å². The van der Waals surface area contributed by atoms with Crippen molar-refractivity contribution in [2.45, 2.75) is 64.5 Å². The number of likely N-dealkylation sites (tertiary alicyclic amines) is 1. The Hall–Kier alpha value is -4.75. The zero-order chi connectivity index (χ0) is 32.3. The fourth-order valence-corrected chi connectivity index (χ4v) is 6.08. The molecular weight excluding hydrogens is 585 g/mol. The molecule has 0 bridgehead atoms. The summed E-state index contributed by atoms with van der Waals surface area (Å²) in [4.78, 5) is 45.8. The number of cyclic esters (lactones) is 1. The summed E-state index contributed by atoms with van der Waals surface area (Å²) in [5, 5.41) is 10.6. The Morgan fingerprint density at radius 1 is 1.02 bits per heavy atom. The van der Waals surface area contributed by atoms with Gasteiger partial charge in [-0.15, -0.1) is 5.10 Å². The third kappa shape index (κ3) is 5.88. The lowest BCUT2D eigenvalue weighted by atomic mass is 10.0. The first-order chi connectivity index (χ1) is 21.1. The van der Waals surface area contributed by atoms with Gasteiger partial charge in [0, 0.05) is 48.4 Å². The second-order valence-corrected chi connectivity index (χ2v) is 13.5. The first kappa shape index (κ1) is 30.3. The fraction of sp³-hybridized carbons (Fsp3) is 0.484. The topological polar surface area (TPSA) is 141 Å². The Morgan fingerprint density at radius 2 is 1.73 bits per heavy atom. The third-order valence-corrected chi connectivity index (χ3v) is 8.03. The molecule has 2 aromatic heterocycles. The monoisotopic (exact) mass is 621 g/mol. The first-order valence-corrected chi connectivity index (χ1v) is 14.7. The molecular formula is C31H36FN7O6. The normalized spacial score (nSPS) is 24.2. The highest BCUT2D eigenvalue weighted by Gasteiger charge is 2.72. The van der Waals surface area contributed by atoms with E-state index in [0.717, 1.165) is 0 Å². The molecule has 4 heterocycles. The van der Waals surface area contributed by atoms with Gasteiger partial charge in [0.15, 0.2) is 0 Å². The molecule has 1 aliphatic carbocycles. The lowest BCUT2D eigenvalue weighted by Gasteiger charge is -2.30. The van der Waals surface area contributed by atoms with Crippen LogP contribution in [0.25, 0.3) is 11.1 Å². The Balaban J connectivity index is 1.21. The highest BCUT2D eigenvalue weighted by atomic mass is 19.1. The first-order valence-electron chi connectivity index (χ1n) is 14.7. The summed E-state index contributed by atoms with van der Waals surface area (Å²) < 4.78 is 33.3. The highest BCUT2D eigenvalue weighted by molar-refractivity contribution is 5.90. The fourth-order valence-electron chi connectivity index (χ4n) is 6.08. The Bertz CT molecular complexity index is 1600. The maximum absolute atomic E-state index is 15.4. The number of hydrogen-bond donors (Lipinski definition) is 1. The molecule has 2 saturated heterocycles. The van der Waals surface area contributed by atoms with Crippen molar-refractivity contribution in [2.75, 3.05) is 24.5 Å². The van der Waals surface area contributed by atoms with Crippen molar-refractivity contribution in [1.29, 1.82) is 0 Å². The largest absolute Gasteiger partial charge is 0.444 e. The molecule has 13 nitrogen and oxygen atoms in total. The maximum Gasteiger partial charge on any atom is 0.416 e. The molecule has 3 fully saturated rings. The number of carbonyl (C=O) groups excluding carboxylic acids is 3. The van der Waals surface area contributed by atoms with E-state index in [1.165, 1.54) is 21.8 Å². The van der Waals surface area contributed by atoms with E-state index >= 15 is 4.39 Å². The van der Waals surface area contributed by atoms with Crippen LogP contribution in [0, 0.1) is 17.7 Å². The molecule has 14 heteroatoms. The second-order valence-electron chi connectivity index (χ2n) is 13.5. The number of pyridine rings is 1. The van der Waals surface area contributed by atoms with Gasteiger partial charge >= 0.3 is 18.3 Å². The van der Waals surface area contributed by atoms with E-state index in [9.17, 15) is 14.4 Å². The molecule has 238 valence electrons. The maximum atomic E-state index is 15.4. The number of nitrogens with one attached hydrogen (secondary N) is 1. The minimum absolute atomic E-state index is 0.103. The van der Waals surface area contributed by atoms with Crippen LogP contribution >= 0.6 is 0 Å². The minimum Gasteiger partial charge on any atom is -0.444 e. The van der Waals surface area contributed by atoms with E-state index in [1.807, 2.05) is 20.8 Å². The lowest BCUT2D eigenvalue weighted by molar-refractivity contribution is 0.0248. The van der Waals surface area contributed by atoms with Gasteiger partial charge in [-0.3, -0.25) is 9.88 Å². The van der Waals surface area contributed by atoms with Crippen molar-refractivity contribution in [1.82, 2.24) is 30.2 Å². The van der Waals surface area contributed by atoms with E-state index in [0.29, 0.717) is 35.6 Å². The molecule has 1 unspecified atom stereocenters. The van der Waals surface area contributed by atoms with Crippen molar-refractivity contribution >= 4 is 24.0 Å². The van der Waals surface area contributed by atoms with Gasteiger partial charge in [-0.05, 0) is 65.8 Å². The van der Waals surface area contributed by atoms with Crippen LogP contribution in [0.15, 0.2) is 48.9 Å². The van der Waals surface area contributed by atoms with E-state index < -0.39 is 47.1 Å². The van der Waals surface area contributed by atoms with Crippen LogP contribution in [0.5, 0.6) is 0 Å². The number of piperidine rings is 1. The second kappa shape index (κ2) is 10.7. The number of fused-ring (bicyclic) bond motifs is 1. The van der Waals surface area contributed by atoms with Gasteiger partial charge in [0.25, 0.3) is 0 Å². The summed E-state index contributed by atoms with van der Waals surface area (Å²) in [6.45, 7) is 11.7. The van der Waals surface area contributed by atoms with E-state index in [2.05, 4.69) is 20.6 Å². The molecule has 1 N–H and O–H groups in total. The number of halogens is 1. The molecule has 45 heavy (non-hydrogen) atoms. The van der Waals surface area contributed by atoms with E-state index in [4.69, 9.17) is 14.2 Å². The van der Waals surface area contributed by atoms with Crippen LogP contribution < -0.4 is 10.2 Å². The van der Waals surface area contributed by atoms with Crippen LogP contribution in [0.1, 0.15) is 53.5 Å². The summed E-state index contributed by atoms with van der Waals surface area (Å²) in [5.41, 5.74) is -0.444. The number of benzene rings is 1. The Labute approximate surface area is 259 Å². The molecule has 4 atom stereocenters. The molecule has 3 aliphatic rings. The number of hydrogen-bond acceptors (Lipinski definition) is 9. The minimum atomic E-state index is -0.849. The van der Waals surface area contributed by atoms with Gasteiger partial charge in [0.2, 0.25) is 6.23 Å². The lowest BCUT2D eigenvalue weighted by Crippen LogP contribution is -2.47. The average Bonchev–Trinajstić information content (AvgIpc) is 3.49. The van der Waals surface area contributed by atoms with Crippen molar-refractivity contribution in [3.05, 3.63) is 60.4 Å². The van der Waals surface area contributed by atoms with Crippen molar-refractivity contribution in [3.8, 4) is 11.1 Å². The van der Waals surface area contributed by atoms with Gasteiger partial charge < -0.3 is 24.4 Å². The number of alkyl carbamates (subject to hydrolysis) is 1. The number of nitrogens with zero attached hydrogens (tertiary/aromatic N) is 6. The van der Waals surface area contributed by atoms with E-state index in [1.54, 1.807) is 62.3 Å². The van der Waals surface area contributed by atoms with Crippen LogP contribution in [0.3, 0.4) is 0 Å². The third-order valence-electron chi connectivity index (χ3n) is 8.03. The quantitative estimate of drug-likeness (QED) is 0.396. The van der Waals surface area contributed by atoms with Gasteiger partial charge in [-0.2, -0.15) is 0 Å². The summed E-state index contributed by atoms with van der Waals surface area (Å²) in [5.74, 6) is -0.751. The average molecular weight is 622 g/mol. The number of anilines is 1. The van der Waals surface area contributed by atoms with Crippen LogP contribution in [0.2, 0.25) is 0 Å². The SMILES string of the molecule is CC(C)(C)OC(=O)N[C@]1(c2ccc(-c3ccc(N4CC(n5ccnn5)OC4=O)cc3F)cn2)[C@@H]2CN(C(=O)OC(C)(C)C)C[C@@H]21. The number of ether oxygens (including phenoxy) is 3. The molecule has 1 aromatic carbocycles. The standard InChI is InChI=1S/C31H36FN7O6/c1-29(2,3)44-26(40)35-31(21-15-37(16-22(21)31)27(41)45-30(4,5)6)24-10-7-18(14-33-24)20-9-8-19(13-23(20)32)38-17-25(43-28(38)42)39-12-11-34-36-39/h7-14,21-22,25H,15-17H2,1-6H3,(H,35,40)/t21-,22+,25?,31-. The van der Waals surface area contributed by atoms with Gasteiger partial charge in [-0.25, -0.2) is 23.5 Å². The molecule has 3 amide bonds. The summed E-state index contributed by atoms with van der Waals surface area (Å²) in [7, 11) is 0. The predicted octanol–water partition coefficient (Wildman–Crippen LogP) is 4.85. The van der Waals surface area contributed by atoms with Crippen LogP contribution in [-0.4, -0.2) is 74.0 Å². The van der Waals surface area contributed by atoms with Crippen molar-refractivity contribution < 1.29 is 33.0 Å². The van der Waals surface area contributed by atoms with Gasteiger partial charge in [0.05, 0.1) is 29.7 Å². The number of amides is 3. The number of rotatable bonds is 5. The molecule has 6 rings (SSSR count). The molecule has 2 aliphatic heterocycles. The summed E-state index contributed by atoms with van der Waals surface area (Å²) in [6, 6.07) is 7.99. The van der Waals surface area contributed by atoms with Gasteiger partial charge in [-0.1, -0.05) is 11.3 Å². The van der Waals surface area contributed by atoms with Gasteiger partial charge in [0.1, 0.15) is 17.0 Å². The summed E-state index contributed by atoms with van der Waals surface area (Å²) in [6.07, 6.45) is 2.35. The number of carbonyl (C=O) groups is 3. The smallest absolute Gasteiger partial charge is 0.416 e. The summed E-state index contributed by atoms with van der Waals surface area (Å²) >= 11 is 0. The van der Waals surface area contributed by atoms with Crippen LogP contribution in [0.4, 0.5) is 24.5 Å². The zero-order valence-electron chi connectivity index (χ0n) is 26.0. The Kier molecular flexibility index (Phi) is 7.20. The Morgan fingerprint density at radius 3 is 2.31 bits per heavy atom. The highest BCUT2D eigenvalue weighted by Crippen LogP contribution is 2.61. The molecule has 1 saturated carbocycles. The molecule has 0 spiro atoms.